The molecule has 0 saturated carbocycles. The molecule has 0 aromatic heterocycles. The van der Waals surface area contributed by atoms with Crippen LogP contribution in [-0.2, 0) is 20.7 Å². The normalized spacial score (nSPS) is 28.4. The van der Waals surface area contributed by atoms with E-state index in [0.29, 0.717) is 24.4 Å². The first-order chi connectivity index (χ1) is 17.1. The number of benzene rings is 1. The monoisotopic (exact) mass is 501 g/mol. The van der Waals surface area contributed by atoms with Crippen LogP contribution in [0.2, 0.25) is 0 Å². The first kappa shape index (κ1) is 25.4. The van der Waals surface area contributed by atoms with Crippen LogP contribution in [0.3, 0.4) is 0 Å². The van der Waals surface area contributed by atoms with E-state index in [0.717, 1.165) is 43.7 Å². The molecule has 198 valence electrons. The number of carbonyl (C=O) groups is 1. The van der Waals surface area contributed by atoms with Gasteiger partial charge in [0.15, 0.2) is 23.2 Å². The van der Waals surface area contributed by atoms with E-state index in [-0.39, 0.29) is 31.1 Å². The van der Waals surface area contributed by atoms with E-state index in [9.17, 15) is 15.0 Å². The van der Waals surface area contributed by atoms with E-state index in [2.05, 4.69) is 23.1 Å². The molecular formula is C28H39NO7. The fraction of sp³-hybridized carbons (Fsp3) is 0.679. The maximum Gasteiger partial charge on any atom is 0.338 e. The number of nitrogens with zero attached hydrogens (tertiary/aromatic N) is 1. The molecule has 1 aromatic rings. The number of esters is 1. The molecule has 0 radical (unpaired) electrons. The third kappa shape index (κ3) is 4.27. The van der Waals surface area contributed by atoms with E-state index in [1.165, 1.54) is 5.56 Å². The average molecular weight is 502 g/mol. The Morgan fingerprint density at radius 1 is 1.19 bits per heavy atom. The van der Waals surface area contributed by atoms with Crippen molar-refractivity contribution < 1.29 is 34.0 Å². The predicted octanol–water partition coefficient (Wildman–Crippen LogP) is 3.43. The highest BCUT2D eigenvalue weighted by molar-refractivity contribution is 5.79. The third-order valence-corrected chi connectivity index (χ3v) is 8.54. The summed E-state index contributed by atoms with van der Waals surface area (Å²) in [6.07, 6.45) is 5.81. The Balaban J connectivity index is 1.49. The van der Waals surface area contributed by atoms with Crippen LogP contribution in [0.15, 0.2) is 24.0 Å². The Hall–Kier alpha value is -2.29. The summed E-state index contributed by atoms with van der Waals surface area (Å²) < 4.78 is 23.4. The maximum absolute atomic E-state index is 13.5. The van der Waals surface area contributed by atoms with Crippen LogP contribution in [0, 0.1) is 0 Å². The Morgan fingerprint density at radius 3 is 2.64 bits per heavy atom. The third-order valence-electron chi connectivity index (χ3n) is 8.54. The van der Waals surface area contributed by atoms with Crippen LogP contribution in [0.1, 0.15) is 76.3 Å². The molecular weight excluding hydrogens is 462 g/mol. The molecule has 1 aromatic carbocycles. The van der Waals surface area contributed by atoms with Crippen LogP contribution in [0.5, 0.6) is 11.5 Å². The van der Waals surface area contributed by atoms with Gasteiger partial charge in [-0.2, -0.15) is 0 Å². The summed E-state index contributed by atoms with van der Waals surface area (Å²) in [5.41, 5.74) is -0.546. The van der Waals surface area contributed by atoms with E-state index in [4.69, 9.17) is 18.9 Å². The lowest BCUT2D eigenvalue weighted by Gasteiger charge is -2.39. The molecule has 1 spiro atoms. The van der Waals surface area contributed by atoms with Crippen molar-refractivity contribution in [3.63, 3.8) is 0 Å². The molecule has 5 rings (SSSR count). The summed E-state index contributed by atoms with van der Waals surface area (Å²) >= 11 is 0. The lowest BCUT2D eigenvalue weighted by Crippen LogP contribution is -2.49. The number of methoxy groups -OCH3 is 1. The topological polar surface area (TPSA) is 97.7 Å². The molecule has 1 unspecified atom stereocenters. The van der Waals surface area contributed by atoms with Crippen molar-refractivity contribution in [1.29, 1.82) is 0 Å². The van der Waals surface area contributed by atoms with Crippen LogP contribution in [0.25, 0.3) is 0 Å². The fourth-order valence-electron chi connectivity index (χ4n) is 6.56. The van der Waals surface area contributed by atoms with Gasteiger partial charge in [-0.3, -0.25) is 4.90 Å². The van der Waals surface area contributed by atoms with Gasteiger partial charge in [-0.15, -0.1) is 0 Å². The molecule has 1 fully saturated rings. The van der Waals surface area contributed by atoms with Gasteiger partial charge < -0.3 is 29.2 Å². The van der Waals surface area contributed by atoms with Gasteiger partial charge in [-0.05, 0) is 94.7 Å². The summed E-state index contributed by atoms with van der Waals surface area (Å²) in [6, 6.07) is 4.12. The predicted molar refractivity (Wildman–Crippen MR) is 133 cm³/mol. The van der Waals surface area contributed by atoms with Gasteiger partial charge in [0, 0.05) is 6.54 Å². The molecule has 2 N–H and O–H groups in total. The van der Waals surface area contributed by atoms with Crippen molar-refractivity contribution in [2.45, 2.75) is 94.5 Å². The Kier molecular flexibility index (Phi) is 6.50. The summed E-state index contributed by atoms with van der Waals surface area (Å²) in [5.74, 6) is 1.28. The number of ether oxygens (including phenoxy) is 4. The number of fused-ring (bicyclic) bond motifs is 3. The second-order valence-corrected chi connectivity index (χ2v) is 11.3. The van der Waals surface area contributed by atoms with Crippen LogP contribution >= 0.6 is 0 Å². The Morgan fingerprint density at radius 2 is 1.94 bits per heavy atom. The first-order valence-corrected chi connectivity index (χ1v) is 13.2. The van der Waals surface area contributed by atoms with Gasteiger partial charge >= 0.3 is 5.97 Å². The molecule has 0 bridgehead atoms. The van der Waals surface area contributed by atoms with Gasteiger partial charge in [0.25, 0.3) is 0 Å². The van der Waals surface area contributed by atoms with Gasteiger partial charge in [0.2, 0.25) is 6.79 Å². The van der Waals surface area contributed by atoms with Crippen molar-refractivity contribution in [3.05, 3.63) is 35.1 Å². The molecule has 1 aliphatic carbocycles. The molecule has 4 aliphatic rings. The van der Waals surface area contributed by atoms with Crippen LogP contribution in [0.4, 0.5) is 0 Å². The quantitative estimate of drug-likeness (QED) is 0.523. The highest BCUT2D eigenvalue weighted by Gasteiger charge is 2.58. The highest BCUT2D eigenvalue weighted by atomic mass is 16.7. The Labute approximate surface area is 213 Å². The van der Waals surface area contributed by atoms with Crippen LogP contribution < -0.4 is 9.47 Å². The molecule has 36 heavy (non-hydrogen) atoms. The fourth-order valence-corrected chi connectivity index (χ4v) is 6.56. The summed E-state index contributed by atoms with van der Waals surface area (Å²) in [5, 5.41) is 21.4. The van der Waals surface area contributed by atoms with Crippen molar-refractivity contribution in [1.82, 2.24) is 4.90 Å². The van der Waals surface area contributed by atoms with Gasteiger partial charge in [-0.1, -0.05) is 6.92 Å². The van der Waals surface area contributed by atoms with Crippen LogP contribution in [-0.4, -0.2) is 70.9 Å². The van der Waals surface area contributed by atoms with E-state index >= 15 is 0 Å². The van der Waals surface area contributed by atoms with Crippen molar-refractivity contribution >= 4 is 5.97 Å². The summed E-state index contributed by atoms with van der Waals surface area (Å²) in [4.78, 5) is 16.0. The lowest BCUT2D eigenvalue weighted by molar-refractivity contribution is -0.174. The zero-order valence-electron chi connectivity index (χ0n) is 21.8. The number of hydrogen-bond acceptors (Lipinski definition) is 8. The molecule has 4 atom stereocenters. The minimum atomic E-state index is -1.63. The molecule has 3 heterocycles. The average Bonchev–Trinajstić information content (AvgIpc) is 3.51. The van der Waals surface area contributed by atoms with Crippen molar-refractivity contribution in [2.75, 3.05) is 27.0 Å². The van der Waals surface area contributed by atoms with Crippen molar-refractivity contribution in [2.24, 2.45) is 0 Å². The number of carbonyl (C=O) groups excluding carboxylic acids is 1. The van der Waals surface area contributed by atoms with Gasteiger partial charge in [0.05, 0.1) is 24.2 Å². The van der Waals surface area contributed by atoms with E-state index < -0.39 is 23.3 Å². The number of hydrogen-bond donors (Lipinski definition) is 2. The largest absolute Gasteiger partial charge is 0.497 e. The smallest absolute Gasteiger partial charge is 0.338 e. The number of aliphatic hydroxyl groups is 2. The molecule has 1 saturated heterocycles. The molecule has 3 aliphatic heterocycles. The second-order valence-electron chi connectivity index (χ2n) is 11.3. The van der Waals surface area contributed by atoms with Gasteiger partial charge in [-0.25, -0.2) is 4.79 Å². The highest BCUT2D eigenvalue weighted by Crippen LogP contribution is 2.55. The van der Waals surface area contributed by atoms with Gasteiger partial charge in [0.1, 0.15) is 5.76 Å². The Bertz CT molecular complexity index is 1050. The van der Waals surface area contributed by atoms with E-state index in [1.54, 1.807) is 27.9 Å². The summed E-state index contributed by atoms with van der Waals surface area (Å²) in [7, 11) is 1.61. The van der Waals surface area contributed by atoms with E-state index in [1.807, 2.05) is 0 Å². The lowest BCUT2D eigenvalue weighted by atomic mass is 9.77. The molecule has 8 nitrogen and oxygen atoms in total. The number of rotatable bonds is 8. The standard InChI is InChI=1S/C28H39NO7/c1-5-28(32,11-6-9-26(2,3)31)25(30)36-24-22(33-4)16-27-10-7-12-29(27)13-8-18-14-20-21(35-17-34-20)15-19(18)23(24)27/h14-16,23-24,31-32H,5-13,17H2,1-4H3/t23-,24-,27+,28?/m1/s1. The molecule has 8 heteroatoms. The summed E-state index contributed by atoms with van der Waals surface area (Å²) in [6.45, 7) is 7.32. The zero-order chi connectivity index (χ0) is 25.7. The van der Waals surface area contributed by atoms with Crippen molar-refractivity contribution in [3.8, 4) is 11.5 Å². The maximum atomic E-state index is 13.5. The second kappa shape index (κ2) is 9.23. The first-order valence-electron chi connectivity index (χ1n) is 13.2. The minimum Gasteiger partial charge on any atom is -0.497 e. The molecule has 0 amide bonds. The SMILES string of the molecule is CCC(O)(CCCC(C)(C)O)C(=O)O[C@@H]1C(OC)=C[C@]23CCCN2CCc2cc4c(cc2[C@H]13)OCO4. The minimum absolute atomic E-state index is 0.177. The zero-order valence-corrected chi connectivity index (χ0v) is 21.8.